The first-order valence-electron chi connectivity index (χ1n) is 9.73. The van der Waals surface area contributed by atoms with E-state index < -0.39 is 0 Å². The average Bonchev–Trinajstić information content (AvgIpc) is 3.16. The van der Waals surface area contributed by atoms with Crippen molar-refractivity contribution in [1.29, 1.82) is 0 Å². The van der Waals surface area contributed by atoms with Gasteiger partial charge in [-0.1, -0.05) is 17.4 Å². The van der Waals surface area contributed by atoms with E-state index in [1.54, 1.807) is 18.4 Å². The number of nitrogens with one attached hydrogen (secondary N) is 1. The molecular weight excluding hydrogens is 362 g/mol. The Balaban J connectivity index is 1.39. The zero-order valence-corrected chi connectivity index (χ0v) is 16.8. The molecule has 1 amide bonds. The molecule has 0 bridgehead atoms. The number of thiazole rings is 1. The van der Waals surface area contributed by atoms with Crippen LogP contribution in [0.5, 0.6) is 5.75 Å². The highest BCUT2D eigenvalue weighted by atomic mass is 32.1. The molecule has 2 fully saturated rings. The quantitative estimate of drug-likeness (QED) is 0.870. The SMILES string of the molecule is COc1ccc(C)c2sc(N3CCC(C(=O)NC4CCOCC4)CC3)nc12. The summed E-state index contributed by atoms with van der Waals surface area (Å²) in [7, 11) is 1.69. The van der Waals surface area contributed by atoms with Crippen molar-refractivity contribution in [2.45, 2.75) is 38.6 Å². The number of fused-ring (bicyclic) bond motifs is 1. The predicted octanol–water partition coefficient (Wildman–Crippen LogP) is 3.12. The molecule has 0 radical (unpaired) electrons. The lowest BCUT2D eigenvalue weighted by atomic mass is 9.95. The van der Waals surface area contributed by atoms with Crippen LogP contribution in [0.1, 0.15) is 31.2 Å². The van der Waals surface area contributed by atoms with E-state index in [0.717, 1.165) is 68.4 Å². The van der Waals surface area contributed by atoms with Gasteiger partial charge in [-0.05, 0) is 44.2 Å². The monoisotopic (exact) mass is 389 g/mol. The van der Waals surface area contributed by atoms with Crippen molar-refractivity contribution in [1.82, 2.24) is 10.3 Å². The van der Waals surface area contributed by atoms with Gasteiger partial charge in [0.15, 0.2) is 5.13 Å². The third kappa shape index (κ3) is 3.89. The third-order valence-corrected chi connectivity index (χ3v) is 6.87. The van der Waals surface area contributed by atoms with Crippen LogP contribution in [-0.4, -0.2) is 50.3 Å². The zero-order chi connectivity index (χ0) is 18.8. The second-order valence-corrected chi connectivity index (χ2v) is 8.39. The molecule has 27 heavy (non-hydrogen) atoms. The minimum absolute atomic E-state index is 0.106. The molecule has 146 valence electrons. The predicted molar refractivity (Wildman–Crippen MR) is 108 cm³/mol. The number of piperidine rings is 1. The number of anilines is 1. The summed E-state index contributed by atoms with van der Waals surface area (Å²) in [5, 5.41) is 4.25. The number of benzene rings is 1. The normalized spacial score (nSPS) is 19.4. The second-order valence-electron chi connectivity index (χ2n) is 7.42. The van der Waals surface area contributed by atoms with Gasteiger partial charge in [-0.2, -0.15) is 0 Å². The van der Waals surface area contributed by atoms with E-state index in [-0.39, 0.29) is 17.9 Å². The molecule has 0 unspecified atom stereocenters. The number of amides is 1. The van der Waals surface area contributed by atoms with Gasteiger partial charge >= 0.3 is 0 Å². The Morgan fingerprint density at radius 1 is 1.26 bits per heavy atom. The number of rotatable bonds is 4. The van der Waals surface area contributed by atoms with Crippen molar-refractivity contribution in [3.05, 3.63) is 17.7 Å². The van der Waals surface area contributed by atoms with Crippen LogP contribution in [0.15, 0.2) is 12.1 Å². The van der Waals surface area contributed by atoms with Crippen molar-refractivity contribution in [2.24, 2.45) is 5.92 Å². The molecule has 0 saturated carbocycles. The lowest BCUT2D eigenvalue weighted by molar-refractivity contribution is -0.126. The first-order chi connectivity index (χ1) is 13.2. The second kappa shape index (κ2) is 8.02. The highest BCUT2D eigenvalue weighted by Gasteiger charge is 2.28. The molecule has 7 heteroatoms. The largest absolute Gasteiger partial charge is 0.494 e. The Kier molecular flexibility index (Phi) is 5.50. The molecule has 2 aromatic rings. The summed E-state index contributed by atoms with van der Waals surface area (Å²) in [5.41, 5.74) is 2.16. The minimum Gasteiger partial charge on any atom is -0.494 e. The van der Waals surface area contributed by atoms with E-state index in [1.807, 2.05) is 6.07 Å². The van der Waals surface area contributed by atoms with Gasteiger partial charge in [0.2, 0.25) is 5.91 Å². The van der Waals surface area contributed by atoms with E-state index >= 15 is 0 Å². The summed E-state index contributed by atoms with van der Waals surface area (Å²) in [5.74, 6) is 1.14. The van der Waals surface area contributed by atoms with Gasteiger partial charge in [-0.25, -0.2) is 4.98 Å². The van der Waals surface area contributed by atoms with Crippen molar-refractivity contribution in [3.63, 3.8) is 0 Å². The fraction of sp³-hybridized carbons (Fsp3) is 0.600. The van der Waals surface area contributed by atoms with E-state index in [0.29, 0.717) is 0 Å². The fourth-order valence-corrected chi connectivity index (χ4v) is 5.00. The number of hydrogen-bond acceptors (Lipinski definition) is 6. The van der Waals surface area contributed by atoms with E-state index in [1.165, 1.54) is 10.3 Å². The molecule has 3 heterocycles. The molecule has 0 atom stereocenters. The zero-order valence-electron chi connectivity index (χ0n) is 16.0. The molecular formula is C20H27N3O3S. The number of methoxy groups -OCH3 is 1. The molecule has 2 aliphatic heterocycles. The molecule has 2 aliphatic rings. The molecule has 6 nitrogen and oxygen atoms in total. The lowest BCUT2D eigenvalue weighted by Gasteiger charge is -2.32. The van der Waals surface area contributed by atoms with E-state index in [9.17, 15) is 4.79 Å². The molecule has 1 aromatic carbocycles. The van der Waals surface area contributed by atoms with Crippen molar-refractivity contribution in [2.75, 3.05) is 38.3 Å². The average molecular weight is 390 g/mol. The summed E-state index contributed by atoms with van der Waals surface area (Å²) in [6.45, 7) is 5.35. The van der Waals surface area contributed by atoms with Crippen LogP contribution in [-0.2, 0) is 9.53 Å². The lowest BCUT2D eigenvalue weighted by Crippen LogP contribution is -2.45. The number of nitrogens with zero attached hydrogens (tertiary/aromatic N) is 2. The van der Waals surface area contributed by atoms with Gasteiger partial charge in [0.25, 0.3) is 0 Å². The Labute approximate surface area is 163 Å². The smallest absolute Gasteiger partial charge is 0.223 e. The Morgan fingerprint density at radius 2 is 2.00 bits per heavy atom. The number of carbonyl (C=O) groups excluding carboxylic acids is 1. The van der Waals surface area contributed by atoms with Crippen LogP contribution in [0.2, 0.25) is 0 Å². The number of carbonyl (C=O) groups is 1. The van der Waals surface area contributed by atoms with Gasteiger partial charge < -0.3 is 19.7 Å². The van der Waals surface area contributed by atoms with Crippen LogP contribution in [0.4, 0.5) is 5.13 Å². The van der Waals surface area contributed by atoms with Crippen molar-refractivity contribution < 1.29 is 14.3 Å². The summed E-state index contributed by atoms with van der Waals surface area (Å²) < 4.78 is 12.0. The van der Waals surface area contributed by atoms with Gasteiger partial charge in [-0.15, -0.1) is 0 Å². The molecule has 0 spiro atoms. The fourth-order valence-electron chi connectivity index (χ4n) is 3.89. The summed E-state index contributed by atoms with van der Waals surface area (Å²) >= 11 is 1.72. The van der Waals surface area contributed by atoms with Crippen molar-refractivity contribution in [3.8, 4) is 5.75 Å². The first-order valence-corrected chi connectivity index (χ1v) is 10.5. The summed E-state index contributed by atoms with van der Waals surface area (Å²) in [6, 6.07) is 4.34. The number of aryl methyl sites for hydroxylation is 1. The van der Waals surface area contributed by atoms with Gasteiger partial charge in [-0.3, -0.25) is 4.79 Å². The van der Waals surface area contributed by atoms with Crippen LogP contribution in [0, 0.1) is 12.8 Å². The van der Waals surface area contributed by atoms with E-state index in [4.69, 9.17) is 14.5 Å². The van der Waals surface area contributed by atoms with E-state index in [2.05, 4.69) is 23.2 Å². The molecule has 1 aromatic heterocycles. The third-order valence-electron chi connectivity index (χ3n) is 5.62. The van der Waals surface area contributed by atoms with Gasteiger partial charge in [0.1, 0.15) is 11.3 Å². The highest BCUT2D eigenvalue weighted by Crippen LogP contribution is 2.37. The Morgan fingerprint density at radius 3 is 2.70 bits per heavy atom. The van der Waals surface area contributed by atoms with Crippen LogP contribution >= 0.6 is 11.3 Å². The number of hydrogen-bond donors (Lipinski definition) is 1. The van der Waals surface area contributed by atoms with Gasteiger partial charge in [0.05, 0.1) is 11.8 Å². The summed E-state index contributed by atoms with van der Waals surface area (Å²) in [6.07, 6.45) is 3.61. The maximum atomic E-state index is 12.6. The molecule has 4 rings (SSSR count). The minimum atomic E-state index is 0.106. The number of aromatic nitrogens is 1. The standard InChI is InChI=1S/C20H27N3O3S/c1-13-3-4-16(25-2)17-18(13)27-20(22-17)23-9-5-14(6-10-23)19(24)21-15-7-11-26-12-8-15/h3-4,14-15H,5-12H2,1-2H3,(H,21,24). The topological polar surface area (TPSA) is 63.7 Å². The van der Waals surface area contributed by atoms with Crippen molar-refractivity contribution >= 4 is 32.6 Å². The number of ether oxygens (including phenoxy) is 2. The first kappa shape index (κ1) is 18.5. The highest BCUT2D eigenvalue weighted by molar-refractivity contribution is 7.22. The van der Waals surface area contributed by atoms with Gasteiger partial charge in [0, 0.05) is 38.3 Å². The Hall–Kier alpha value is -1.86. The molecule has 0 aliphatic carbocycles. The Bertz CT molecular complexity index is 808. The summed E-state index contributed by atoms with van der Waals surface area (Å²) in [4.78, 5) is 19.7. The maximum Gasteiger partial charge on any atom is 0.223 e. The maximum absolute atomic E-state index is 12.6. The molecule has 2 saturated heterocycles. The van der Waals surface area contributed by atoms with Crippen LogP contribution in [0.25, 0.3) is 10.2 Å². The molecule has 1 N–H and O–H groups in total. The van der Waals surface area contributed by atoms with Crippen LogP contribution < -0.4 is 15.0 Å². The van der Waals surface area contributed by atoms with Crippen LogP contribution in [0.3, 0.4) is 0 Å².